The van der Waals surface area contributed by atoms with Crippen LogP contribution in [0.2, 0.25) is 10.0 Å². The summed E-state index contributed by atoms with van der Waals surface area (Å²) in [6.07, 6.45) is 3.57. The minimum Gasteiger partial charge on any atom is -0.335 e. The zero-order chi connectivity index (χ0) is 18.0. The molecule has 25 heavy (non-hydrogen) atoms. The third-order valence-electron chi connectivity index (χ3n) is 5.02. The van der Waals surface area contributed by atoms with Gasteiger partial charge in [0.15, 0.2) is 0 Å². The Morgan fingerprint density at radius 3 is 2.44 bits per heavy atom. The van der Waals surface area contributed by atoms with E-state index in [2.05, 4.69) is 32.0 Å². The molecule has 0 aliphatic carbocycles. The van der Waals surface area contributed by atoms with Crippen molar-refractivity contribution in [1.29, 1.82) is 0 Å². The maximum absolute atomic E-state index is 13.0. The first-order valence-electron chi connectivity index (χ1n) is 8.75. The number of amides is 1. The number of aryl methyl sites for hydroxylation is 2. The van der Waals surface area contributed by atoms with Gasteiger partial charge in [-0.25, -0.2) is 0 Å². The lowest BCUT2D eigenvalue weighted by Crippen LogP contribution is -2.39. The van der Waals surface area contributed by atoms with Gasteiger partial charge in [-0.3, -0.25) is 4.79 Å². The summed E-state index contributed by atoms with van der Waals surface area (Å²) in [5.41, 5.74) is 4.66. The number of piperidine rings is 1. The lowest BCUT2D eigenvalue weighted by molar-refractivity contribution is -0.134. The van der Waals surface area contributed by atoms with Gasteiger partial charge in [-0.05, 0) is 73.6 Å². The van der Waals surface area contributed by atoms with Crippen LogP contribution in [0.25, 0.3) is 0 Å². The standard InChI is InChI=1S/C21H23Cl2NO/c1-14-6-7-17(9-15(14)2)20-5-3-4-8-24(20)21(25)12-16-10-18(22)13-19(23)11-16/h6-7,9-11,13,20H,3-5,8,12H2,1-2H3. The van der Waals surface area contributed by atoms with Gasteiger partial charge in [0.25, 0.3) is 0 Å². The topological polar surface area (TPSA) is 20.3 Å². The molecule has 1 amide bonds. The summed E-state index contributed by atoms with van der Waals surface area (Å²) >= 11 is 12.1. The van der Waals surface area contributed by atoms with Gasteiger partial charge in [0.05, 0.1) is 12.5 Å². The van der Waals surface area contributed by atoms with E-state index >= 15 is 0 Å². The fraction of sp³-hybridized carbons (Fsp3) is 0.381. The number of hydrogen-bond acceptors (Lipinski definition) is 1. The van der Waals surface area contributed by atoms with Crippen LogP contribution in [0.15, 0.2) is 36.4 Å². The quantitative estimate of drug-likeness (QED) is 0.652. The van der Waals surface area contributed by atoms with Gasteiger partial charge in [0, 0.05) is 16.6 Å². The molecule has 0 N–H and O–H groups in total. The fourth-order valence-electron chi connectivity index (χ4n) is 3.54. The van der Waals surface area contributed by atoms with Gasteiger partial charge in [0.1, 0.15) is 0 Å². The summed E-state index contributed by atoms with van der Waals surface area (Å²) < 4.78 is 0. The van der Waals surface area contributed by atoms with E-state index < -0.39 is 0 Å². The van der Waals surface area contributed by atoms with Crippen molar-refractivity contribution in [3.8, 4) is 0 Å². The molecule has 3 rings (SSSR count). The predicted molar refractivity (Wildman–Crippen MR) is 104 cm³/mol. The van der Waals surface area contributed by atoms with Gasteiger partial charge in [0.2, 0.25) is 5.91 Å². The molecular formula is C21H23Cl2NO. The first-order chi connectivity index (χ1) is 11.9. The van der Waals surface area contributed by atoms with Crippen molar-refractivity contribution < 1.29 is 4.79 Å². The lowest BCUT2D eigenvalue weighted by atomic mass is 9.92. The molecule has 0 radical (unpaired) electrons. The van der Waals surface area contributed by atoms with Gasteiger partial charge < -0.3 is 4.90 Å². The van der Waals surface area contributed by atoms with Crippen LogP contribution in [0.1, 0.15) is 47.6 Å². The minimum absolute atomic E-state index is 0.140. The largest absolute Gasteiger partial charge is 0.335 e. The third-order valence-corrected chi connectivity index (χ3v) is 5.45. The Morgan fingerprint density at radius 2 is 1.76 bits per heavy atom. The molecule has 4 heteroatoms. The number of halogens is 2. The number of rotatable bonds is 3. The highest BCUT2D eigenvalue weighted by atomic mass is 35.5. The molecule has 2 nitrogen and oxygen atoms in total. The number of hydrogen-bond donors (Lipinski definition) is 0. The molecule has 0 bridgehead atoms. The zero-order valence-corrected chi connectivity index (χ0v) is 16.2. The highest BCUT2D eigenvalue weighted by molar-refractivity contribution is 6.34. The molecule has 2 aromatic carbocycles. The van der Waals surface area contributed by atoms with Crippen LogP contribution in [-0.2, 0) is 11.2 Å². The van der Waals surface area contributed by atoms with Crippen molar-refractivity contribution >= 4 is 29.1 Å². The van der Waals surface area contributed by atoms with Crippen molar-refractivity contribution in [2.24, 2.45) is 0 Å². The average Bonchev–Trinajstić information content (AvgIpc) is 2.56. The van der Waals surface area contributed by atoms with Crippen molar-refractivity contribution in [2.75, 3.05) is 6.54 Å². The van der Waals surface area contributed by atoms with E-state index in [4.69, 9.17) is 23.2 Å². The molecule has 0 saturated carbocycles. The Morgan fingerprint density at radius 1 is 1.04 bits per heavy atom. The number of carbonyl (C=O) groups is 1. The summed E-state index contributed by atoms with van der Waals surface area (Å²) in [6.45, 7) is 5.05. The normalized spacial score (nSPS) is 17.6. The maximum atomic E-state index is 13.0. The Kier molecular flexibility index (Phi) is 5.71. The van der Waals surface area contributed by atoms with Gasteiger partial charge >= 0.3 is 0 Å². The molecule has 2 aromatic rings. The second kappa shape index (κ2) is 7.80. The predicted octanol–water partition coefficient (Wildman–Crippen LogP) is 5.91. The molecule has 1 unspecified atom stereocenters. The second-order valence-electron chi connectivity index (χ2n) is 6.90. The van der Waals surface area contributed by atoms with E-state index in [1.807, 2.05) is 17.0 Å². The van der Waals surface area contributed by atoms with E-state index in [1.165, 1.54) is 16.7 Å². The number of carbonyl (C=O) groups excluding carboxylic acids is 1. The second-order valence-corrected chi connectivity index (χ2v) is 7.77. The van der Waals surface area contributed by atoms with Crippen molar-refractivity contribution in [3.05, 3.63) is 68.7 Å². The van der Waals surface area contributed by atoms with E-state index in [0.29, 0.717) is 16.5 Å². The highest BCUT2D eigenvalue weighted by Gasteiger charge is 2.28. The molecule has 132 valence electrons. The number of benzene rings is 2. The van der Waals surface area contributed by atoms with Gasteiger partial charge in [-0.1, -0.05) is 41.4 Å². The van der Waals surface area contributed by atoms with Crippen LogP contribution in [0, 0.1) is 13.8 Å². The minimum atomic E-state index is 0.140. The molecule has 1 atom stereocenters. The van der Waals surface area contributed by atoms with Crippen LogP contribution < -0.4 is 0 Å². The van der Waals surface area contributed by atoms with Crippen LogP contribution in [0.4, 0.5) is 0 Å². The van der Waals surface area contributed by atoms with E-state index in [9.17, 15) is 4.79 Å². The van der Waals surface area contributed by atoms with Crippen LogP contribution >= 0.6 is 23.2 Å². The molecule has 1 heterocycles. The lowest BCUT2D eigenvalue weighted by Gasteiger charge is -2.36. The Labute approximate surface area is 159 Å². The Hall–Kier alpha value is -1.51. The zero-order valence-electron chi connectivity index (χ0n) is 14.7. The third kappa shape index (κ3) is 4.37. The fourth-order valence-corrected chi connectivity index (χ4v) is 4.11. The summed E-state index contributed by atoms with van der Waals surface area (Å²) in [5.74, 6) is 0.140. The highest BCUT2D eigenvalue weighted by Crippen LogP contribution is 2.32. The van der Waals surface area contributed by atoms with Gasteiger partial charge in [-0.2, -0.15) is 0 Å². The molecule has 1 aliphatic heterocycles. The first kappa shape index (κ1) is 18.3. The van der Waals surface area contributed by atoms with E-state index in [1.54, 1.807) is 6.07 Å². The number of likely N-dealkylation sites (tertiary alicyclic amines) is 1. The SMILES string of the molecule is Cc1ccc(C2CCCCN2C(=O)Cc2cc(Cl)cc(Cl)c2)cc1C. The van der Waals surface area contributed by atoms with E-state index in [0.717, 1.165) is 31.4 Å². The Balaban J connectivity index is 1.82. The van der Waals surface area contributed by atoms with Crippen LogP contribution in [-0.4, -0.2) is 17.4 Å². The maximum Gasteiger partial charge on any atom is 0.227 e. The van der Waals surface area contributed by atoms with Crippen molar-refractivity contribution in [2.45, 2.75) is 45.6 Å². The van der Waals surface area contributed by atoms with Gasteiger partial charge in [-0.15, -0.1) is 0 Å². The molecular weight excluding hydrogens is 353 g/mol. The molecule has 1 fully saturated rings. The summed E-state index contributed by atoms with van der Waals surface area (Å²) in [7, 11) is 0. The monoisotopic (exact) mass is 375 g/mol. The average molecular weight is 376 g/mol. The Bertz CT molecular complexity index is 767. The summed E-state index contributed by atoms with van der Waals surface area (Å²) in [6, 6.07) is 12.0. The summed E-state index contributed by atoms with van der Waals surface area (Å²) in [4.78, 5) is 15.0. The summed E-state index contributed by atoms with van der Waals surface area (Å²) in [5, 5.41) is 1.14. The van der Waals surface area contributed by atoms with Crippen molar-refractivity contribution in [1.82, 2.24) is 4.90 Å². The molecule has 0 spiro atoms. The van der Waals surface area contributed by atoms with Crippen LogP contribution in [0.3, 0.4) is 0 Å². The molecule has 1 saturated heterocycles. The molecule has 1 aliphatic rings. The first-order valence-corrected chi connectivity index (χ1v) is 9.51. The smallest absolute Gasteiger partial charge is 0.227 e. The number of nitrogens with zero attached hydrogens (tertiary/aromatic N) is 1. The van der Waals surface area contributed by atoms with E-state index in [-0.39, 0.29) is 11.9 Å². The van der Waals surface area contributed by atoms with Crippen molar-refractivity contribution in [3.63, 3.8) is 0 Å². The molecule has 0 aromatic heterocycles. The van der Waals surface area contributed by atoms with Crippen LogP contribution in [0.5, 0.6) is 0 Å².